The van der Waals surface area contributed by atoms with E-state index in [9.17, 15) is 9.18 Å². The first kappa shape index (κ1) is 20.6. The molecule has 0 aliphatic heterocycles. The van der Waals surface area contributed by atoms with Crippen LogP contribution in [-0.4, -0.2) is 26.4 Å². The molecule has 0 radical (unpaired) electrons. The number of thioether (sulfide) groups is 1. The van der Waals surface area contributed by atoms with E-state index in [1.165, 1.54) is 23.9 Å². The monoisotopic (exact) mass is 412 g/mol. The van der Waals surface area contributed by atoms with Gasteiger partial charge in [0.05, 0.1) is 5.75 Å². The van der Waals surface area contributed by atoms with E-state index < -0.39 is 5.82 Å². The van der Waals surface area contributed by atoms with Crippen molar-refractivity contribution in [3.63, 3.8) is 0 Å². The van der Waals surface area contributed by atoms with Crippen molar-refractivity contribution < 1.29 is 13.9 Å². The van der Waals surface area contributed by atoms with Crippen LogP contribution in [-0.2, 0) is 17.9 Å². The van der Waals surface area contributed by atoms with E-state index in [-0.39, 0.29) is 18.3 Å². The van der Waals surface area contributed by atoms with E-state index in [1.807, 2.05) is 35.8 Å². The van der Waals surface area contributed by atoms with Crippen LogP contribution in [0, 0.1) is 12.7 Å². The quantitative estimate of drug-likeness (QED) is 0.421. The van der Waals surface area contributed by atoms with Crippen molar-refractivity contribution in [2.24, 2.45) is 0 Å². The molecule has 2 aromatic carbocycles. The number of benzene rings is 2. The Kier molecular flexibility index (Phi) is 7.02. The molecule has 0 aliphatic carbocycles. The highest BCUT2D eigenvalue weighted by Gasteiger charge is 2.14. The van der Waals surface area contributed by atoms with Gasteiger partial charge in [0.1, 0.15) is 18.2 Å². The Hall–Kier alpha value is -3.13. The van der Waals surface area contributed by atoms with Crippen LogP contribution in [0.25, 0.3) is 0 Å². The van der Waals surface area contributed by atoms with Crippen molar-refractivity contribution in [1.82, 2.24) is 14.8 Å². The zero-order chi connectivity index (χ0) is 20.6. The van der Waals surface area contributed by atoms with E-state index in [0.717, 1.165) is 11.3 Å². The maximum Gasteiger partial charge on any atom is 0.234 e. The third-order valence-electron chi connectivity index (χ3n) is 3.93. The van der Waals surface area contributed by atoms with E-state index in [4.69, 9.17) is 4.74 Å². The summed E-state index contributed by atoms with van der Waals surface area (Å²) in [6, 6.07) is 13.5. The van der Waals surface area contributed by atoms with Crippen LogP contribution >= 0.6 is 11.8 Å². The maximum absolute atomic E-state index is 13.2. The smallest absolute Gasteiger partial charge is 0.234 e. The number of amides is 1. The highest BCUT2D eigenvalue weighted by atomic mass is 32.2. The van der Waals surface area contributed by atoms with Gasteiger partial charge in [-0.3, -0.25) is 9.36 Å². The number of carbonyl (C=O) groups excluding carboxylic acids is 1. The molecule has 0 saturated heterocycles. The van der Waals surface area contributed by atoms with Crippen LogP contribution < -0.4 is 10.1 Å². The van der Waals surface area contributed by atoms with Gasteiger partial charge in [-0.1, -0.05) is 41.6 Å². The van der Waals surface area contributed by atoms with Crippen molar-refractivity contribution >= 4 is 23.4 Å². The number of nitrogens with zero attached hydrogens (tertiary/aromatic N) is 3. The number of aromatic nitrogens is 3. The average molecular weight is 412 g/mol. The number of ether oxygens (including phenoxy) is 1. The average Bonchev–Trinajstić information content (AvgIpc) is 3.08. The van der Waals surface area contributed by atoms with E-state index in [1.54, 1.807) is 18.2 Å². The number of carbonyl (C=O) groups is 1. The molecular weight excluding hydrogens is 391 g/mol. The molecule has 3 aromatic rings. The fraction of sp³-hybridized carbons (Fsp3) is 0.190. The largest absolute Gasteiger partial charge is 0.486 e. The van der Waals surface area contributed by atoms with Crippen molar-refractivity contribution in [1.29, 1.82) is 0 Å². The van der Waals surface area contributed by atoms with Gasteiger partial charge in [0.25, 0.3) is 0 Å². The van der Waals surface area contributed by atoms with Crippen molar-refractivity contribution in [2.45, 2.75) is 25.2 Å². The summed E-state index contributed by atoms with van der Waals surface area (Å²) >= 11 is 1.24. The first-order valence-electron chi connectivity index (χ1n) is 8.96. The topological polar surface area (TPSA) is 69.0 Å². The van der Waals surface area contributed by atoms with Gasteiger partial charge in [-0.05, 0) is 37.3 Å². The summed E-state index contributed by atoms with van der Waals surface area (Å²) in [6.45, 7) is 6.52. The lowest BCUT2D eigenvalue weighted by molar-refractivity contribution is -0.113. The molecule has 0 spiro atoms. The molecule has 3 rings (SSSR count). The summed E-state index contributed by atoms with van der Waals surface area (Å²) in [6.07, 6.45) is 1.73. The predicted octanol–water partition coefficient (Wildman–Crippen LogP) is 4.22. The number of halogens is 1. The molecule has 8 heteroatoms. The van der Waals surface area contributed by atoms with Crippen molar-refractivity contribution in [2.75, 3.05) is 11.1 Å². The summed E-state index contributed by atoms with van der Waals surface area (Å²) < 4.78 is 20.9. The van der Waals surface area contributed by atoms with Gasteiger partial charge in [-0.25, -0.2) is 4.39 Å². The second kappa shape index (κ2) is 9.88. The molecule has 6 nitrogen and oxygen atoms in total. The van der Waals surface area contributed by atoms with Crippen LogP contribution in [0.1, 0.15) is 11.4 Å². The van der Waals surface area contributed by atoms with E-state index >= 15 is 0 Å². The highest BCUT2D eigenvalue weighted by molar-refractivity contribution is 7.99. The Balaban J connectivity index is 1.60. The lowest BCUT2D eigenvalue weighted by atomic mass is 10.2. The zero-order valence-corrected chi connectivity index (χ0v) is 16.8. The molecule has 0 atom stereocenters. The van der Waals surface area contributed by atoms with Crippen LogP contribution in [0.15, 0.2) is 66.3 Å². The number of allylic oxidation sites excluding steroid dienone is 1. The standard InChI is InChI=1S/C21H21FN4O2S/c1-3-11-26-19(13-28-18-9-7-15(2)8-10-18)24-25-21(26)29-14-20(27)23-17-6-4-5-16(22)12-17/h3-10,12H,1,11,13-14H2,2H3,(H,23,27). The second-order valence-corrected chi connectivity index (χ2v) is 7.19. The van der Waals surface area contributed by atoms with Crippen LogP contribution in [0.4, 0.5) is 10.1 Å². The van der Waals surface area contributed by atoms with Crippen LogP contribution in [0.2, 0.25) is 0 Å². The van der Waals surface area contributed by atoms with Gasteiger partial charge >= 0.3 is 0 Å². The highest BCUT2D eigenvalue weighted by Crippen LogP contribution is 2.20. The SMILES string of the molecule is C=CCn1c(COc2ccc(C)cc2)nnc1SCC(=O)Nc1cccc(F)c1. The third-order valence-corrected chi connectivity index (χ3v) is 4.90. The van der Waals surface area contributed by atoms with E-state index in [2.05, 4.69) is 22.1 Å². The minimum absolute atomic E-state index is 0.116. The number of rotatable bonds is 9. The lowest BCUT2D eigenvalue weighted by Gasteiger charge is -2.09. The van der Waals surface area contributed by atoms with E-state index in [0.29, 0.717) is 23.2 Å². The Morgan fingerprint density at radius 3 is 2.79 bits per heavy atom. The van der Waals surface area contributed by atoms with Crippen LogP contribution in [0.3, 0.4) is 0 Å². The molecule has 0 aliphatic rings. The number of hydrogen-bond donors (Lipinski definition) is 1. The molecule has 1 aromatic heterocycles. The molecular formula is C21H21FN4O2S. The summed E-state index contributed by atoms with van der Waals surface area (Å²) in [5.41, 5.74) is 1.57. The molecule has 0 fully saturated rings. The zero-order valence-electron chi connectivity index (χ0n) is 16.0. The van der Waals surface area contributed by atoms with Crippen molar-refractivity contribution in [3.05, 3.63) is 78.4 Å². The van der Waals surface area contributed by atoms with Gasteiger partial charge in [-0.2, -0.15) is 0 Å². The Labute approximate surface area is 172 Å². The normalized spacial score (nSPS) is 10.6. The Morgan fingerprint density at radius 1 is 1.28 bits per heavy atom. The van der Waals surface area contributed by atoms with Gasteiger partial charge in [0.2, 0.25) is 5.91 Å². The molecule has 1 heterocycles. The first-order valence-corrected chi connectivity index (χ1v) is 9.94. The number of aryl methyl sites for hydroxylation is 1. The number of nitrogens with one attached hydrogen (secondary N) is 1. The molecule has 1 N–H and O–H groups in total. The van der Waals surface area contributed by atoms with Crippen LogP contribution in [0.5, 0.6) is 5.75 Å². The summed E-state index contributed by atoms with van der Waals surface area (Å²) in [4.78, 5) is 12.2. The minimum atomic E-state index is -0.403. The second-order valence-electron chi connectivity index (χ2n) is 6.25. The summed E-state index contributed by atoms with van der Waals surface area (Å²) in [5, 5.41) is 11.6. The van der Waals surface area contributed by atoms with Crippen molar-refractivity contribution in [3.8, 4) is 5.75 Å². The minimum Gasteiger partial charge on any atom is -0.486 e. The van der Waals surface area contributed by atoms with Gasteiger partial charge in [0, 0.05) is 12.2 Å². The molecule has 1 amide bonds. The fourth-order valence-corrected chi connectivity index (χ4v) is 3.29. The summed E-state index contributed by atoms with van der Waals surface area (Å²) in [7, 11) is 0. The van der Waals surface area contributed by atoms with Gasteiger partial charge < -0.3 is 10.1 Å². The maximum atomic E-state index is 13.2. The lowest BCUT2D eigenvalue weighted by Crippen LogP contribution is -2.15. The number of anilines is 1. The number of hydrogen-bond acceptors (Lipinski definition) is 5. The fourth-order valence-electron chi connectivity index (χ4n) is 2.52. The first-order chi connectivity index (χ1) is 14.0. The van der Waals surface area contributed by atoms with Gasteiger partial charge in [0.15, 0.2) is 11.0 Å². The molecule has 0 saturated carbocycles. The third kappa shape index (κ3) is 5.92. The molecule has 150 valence electrons. The van der Waals surface area contributed by atoms with Gasteiger partial charge in [-0.15, -0.1) is 16.8 Å². The molecule has 29 heavy (non-hydrogen) atoms. The predicted molar refractivity (Wildman–Crippen MR) is 111 cm³/mol. The Morgan fingerprint density at radius 2 is 2.07 bits per heavy atom. The molecule has 0 unspecified atom stereocenters. The molecule has 0 bridgehead atoms. The Bertz CT molecular complexity index is 989. The summed E-state index contributed by atoms with van der Waals surface area (Å²) in [5.74, 6) is 0.835.